The van der Waals surface area contributed by atoms with E-state index in [1.807, 2.05) is 44.3 Å². The lowest BCUT2D eigenvalue weighted by Gasteiger charge is -2.06. The summed E-state index contributed by atoms with van der Waals surface area (Å²) >= 11 is 0. The van der Waals surface area contributed by atoms with Crippen LogP contribution in [0.4, 0.5) is 0 Å². The number of hydrogen-bond acceptors (Lipinski definition) is 3. The highest BCUT2D eigenvalue weighted by atomic mass is 16.1. The molecule has 0 aliphatic heterocycles. The monoisotopic (exact) mass is 294 g/mol. The quantitative estimate of drug-likeness (QED) is 0.803. The van der Waals surface area contributed by atoms with Crippen LogP contribution in [0.2, 0.25) is 0 Å². The lowest BCUT2D eigenvalue weighted by Crippen LogP contribution is -2.26. The van der Waals surface area contributed by atoms with Gasteiger partial charge >= 0.3 is 0 Å². The van der Waals surface area contributed by atoms with Crippen molar-refractivity contribution in [2.24, 2.45) is 7.05 Å². The van der Waals surface area contributed by atoms with E-state index in [0.29, 0.717) is 12.2 Å². The van der Waals surface area contributed by atoms with Gasteiger partial charge in [0.05, 0.1) is 5.52 Å². The van der Waals surface area contributed by atoms with Gasteiger partial charge in [0.25, 0.3) is 5.91 Å². The molecule has 0 saturated carbocycles. The third kappa shape index (κ3) is 2.83. The SMILES string of the molecule is Cc1cc(C(=O)NCCc2cccc3cccnc23)nn1C. The molecule has 3 aromatic rings. The van der Waals surface area contributed by atoms with E-state index in [4.69, 9.17) is 0 Å². The predicted octanol–water partition coefficient (Wildman–Crippen LogP) is 2.25. The summed E-state index contributed by atoms with van der Waals surface area (Å²) < 4.78 is 1.70. The maximum Gasteiger partial charge on any atom is 0.271 e. The van der Waals surface area contributed by atoms with Gasteiger partial charge in [0.1, 0.15) is 5.69 Å². The van der Waals surface area contributed by atoms with E-state index in [2.05, 4.69) is 15.4 Å². The summed E-state index contributed by atoms with van der Waals surface area (Å²) in [6.45, 7) is 2.48. The van der Waals surface area contributed by atoms with Crippen molar-refractivity contribution < 1.29 is 4.79 Å². The van der Waals surface area contributed by atoms with Gasteiger partial charge in [-0.05, 0) is 31.0 Å². The number of carbonyl (C=O) groups is 1. The molecular weight excluding hydrogens is 276 g/mol. The summed E-state index contributed by atoms with van der Waals surface area (Å²) in [6.07, 6.45) is 2.53. The molecule has 3 rings (SSSR count). The van der Waals surface area contributed by atoms with Crippen molar-refractivity contribution in [3.8, 4) is 0 Å². The van der Waals surface area contributed by atoms with E-state index in [9.17, 15) is 4.79 Å². The van der Waals surface area contributed by atoms with Gasteiger partial charge < -0.3 is 5.32 Å². The maximum absolute atomic E-state index is 12.1. The smallest absolute Gasteiger partial charge is 0.271 e. The Morgan fingerprint density at radius 2 is 2.09 bits per heavy atom. The first-order valence-corrected chi connectivity index (χ1v) is 7.26. The molecule has 5 heteroatoms. The molecule has 0 fully saturated rings. The lowest BCUT2D eigenvalue weighted by molar-refractivity contribution is 0.0948. The normalized spacial score (nSPS) is 10.8. The fraction of sp³-hybridized carbons (Fsp3) is 0.235. The Morgan fingerprint density at radius 3 is 2.86 bits per heavy atom. The predicted molar refractivity (Wildman–Crippen MR) is 85.7 cm³/mol. The molecule has 0 aliphatic rings. The van der Waals surface area contributed by atoms with Gasteiger partial charge in [-0.25, -0.2) is 0 Å². The molecule has 1 N–H and O–H groups in total. The second kappa shape index (κ2) is 5.97. The van der Waals surface area contributed by atoms with Crippen LogP contribution in [0.3, 0.4) is 0 Å². The van der Waals surface area contributed by atoms with E-state index in [1.165, 1.54) is 0 Å². The molecule has 0 bridgehead atoms. The minimum absolute atomic E-state index is 0.142. The minimum Gasteiger partial charge on any atom is -0.350 e. The third-order valence-corrected chi connectivity index (χ3v) is 3.74. The van der Waals surface area contributed by atoms with Crippen LogP contribution in [0.1, 0.15) is 21.7 Å². The highest BCUT2D eigenvalue weighted by Crippen LogP contribution is 2.16. The van der Waals surface area contributed by atoms with Crippen molar-refractivity contribution in [3.63, 3.8) is 0 Å². The molecule has 0 radical (unpaired) electrons. The zero-order chi connectivity index (χ0) is 15.5. The molecule has 0 unspecified atom stereocenters. The first-order chi connectivity index (χ1) is 10.6. The molecule has 5 nitrogen and oxygen atoms in total. The molecule has 0 saturated heterocycles. The number of nitrogens with one attached hydrogen (secondary N) is 1. The van der Waals surface area contributed by atoms with E-state index >= 15 is 0 Å². The number of rotatable bonds is 4. The van der Waals surface area contributed by atoms with Crippen LogP contribution in [-0.2, 0) is 13.5 Å². The first kappa shape index (κ1) is 14.3. The second-order valence-electron chi connectivity index (χ2n) is 5.29. The van der Waals surface area contributed by atoms with Crippen molar-refractivity contribution >= 4 is 16.8 Å². The fourth-order valence-corrected chi connectivity index (χ4v) is 2.44. The van der Waals surface area contributed by atoms with Gasteiger partial charge in [-0.1, -0.05) is 24.3 Å². The van der Waals surface area contributed by atoms with E-state index in [1.54, 1.807) is 16.9 Å². The summed E-state index contributed by atoms with van der Waals surface area (Å²) in [4.78, 5) is 16.5. The second-order valence-corrected chi connectivity index (χ2v) is 5.29. The van der Waals surface area contributed by atoms with E-state index < -0.39 is 0 Å². The molecule has 0 spiro atoms. The molecule has 0 aliphatic carbocycles. The summed E-state index contributed by atoms with van der Waals surface area (Å²) in [5, 5.41) is 8.21. The van der Waals surface area contributed by atoms with Crippen LogP contribution >= 0.6 is 0 Å². The Balaban J connectivity index is 1.66. The van der Waals surface area contributed by atoms with Gasteiger partial charge in [0.15, 0.2) is 0 Å². The zero-order valence-corrected chi connectivity index (χ0v) is 12.7. The number of aryl methyl sites for hydroxylation is 2. The number of para-hydroxylation sites is 1. The van der Waals surface area contributed by atoms with Gasteiger partial charge in [0, 0.05) is 30.9 Å². The van der Waals surface area contributed by atoms with E-state index in [0.717, 1.165) is 28.6 Å². The number of amides is 1. The topological polar surface area (TPSA) is 59.8 Å². The van der Waals surface area contributed by atoms with Gasteiger partial charge in [-0.2, -0.15) is 5.10 Å². The molecule has 0 atom stereocenters. The van der Waals surface area contributed by atoms with Gasteiger partial charge in [0.2, 0.25) is 0 Å². The summed E-state index contributed by atoms with van der Waals surface area (Å²) in [7, 11) is 1.83. The minimum atomic E-state index is -0.142. The number of benzene rings is 1. The van der Waals surface area contributed by atoms with Crippen molar-refractivity contribution in [1.29, 1.82) is 0 Å². The lowest BCUT2D eigenvalue weighted by atomic mass is 10.1. The van der Waals surface area contributed by atoms with E-state index in [-0.39, 0.29) is 5.91 Å². The van der Waals surface area contributed by atoms with Crippen LogP contribution in [0.15, 0.2) is 42.6 Å². The fourth-order valence-electron chi connectivity index (χ4n) is 2.44. The number of aromatic nitrogens is 3. The number of hydrogen-bond donors (Lipinski definition) is 1. The number of fused-ring (bicyclic) bond motifs is 1. The Labute approximate surface area is 129 Å². The van der Waals surface area contributed by atoms with Crippen LogP contribution in [0.5, 0.6) is 0 Å². The number of carbonyl (C=O) groups excluding carboxylic acids is 1. The van der Waals surface area contributed by atoms with Crippen LogP contribution < -0.4 is 5.32 Å². The van der Waals surface area contributed by atoms with Gasteiger partial charge in [-0.15, -0.1) is 0 Å². The molecule has 1 aromatic carbocycles. The summed E-state index contributed by atoms with van der Waals surface area (Å²) in [5.41, 5.74) is 3.54. The number of nitrogens with zero attached hydrogens (tertiary/aromatic N) is 3. The molecule has 22 heavy (non-hydrogen) atoms. The van der Waals surface area contributed by atoms with Gasteiger partial charge in [-0.3, -0.25) is 14.5 Å². The highest BCUT2D eigenvalue weighted by molar-refractivity contribution is 5.92. The summed E-state index contributed by atoms with van der Waals surface area (Å²) in [6, 6.07) is 11.9. The molecule has 112 valence electrons. The Morgan fingerprint density at radius 1 is 1.27 bits per heavy atom. The van der Waals surface area contributed by atoms with Crippen LogP contribution in [-0.4, -0.2) is 27.2 Å². The van der Waals surface area contributed by atoms with Crippen molar-refractivity contribution in [1.82, 2.24) is 20.1 Å². The van der Waals surface area contributed by atoms with Crippen molar-refractivity contribution in [3.05, 3.63) is 59.5 Å². The van der Waals surface area contributed by atoms with Crippen LogP contribution in [0.25, 0.3) is 10.9 Å². The molecule has 2 heterocycles. The third-order valence-electron chi connectivity index (χ3n) is 3.74. The largest absolute Gasteiger partial charge is 0.350 e. The summed E-state index contributed by atoms with van der Waals surface area (Å²) in [5.74, 6) is -0.142. The van der Waals surface area contributed by atoms with Crippen molar-refractivity contribution in [2.75, 3.05) is 6.54 Å². The number of pyridine rings is 1. The Hall–Kier alpha value is -2.69. The average molecular weight is 294 g/mol. The Kier molecular flexibility index (Phi) is 3.87. The Bertz CT molecular complexity index is 798. The zero-order valence-electron chi connectivity index (χ0n) is 12.7. The first-order valence-electron chi connectivity index (χ1n) is 7.26. The molecule has 2 aromatic heterocycles. The average Bonchev–Trinajstić information content (AvgIpc) is 2.87. The molecule has 1 amide bonds. The van der Waals surface area contributed by atoms with Crippen LogP contribution in [0, 0.1) is 6.92 Å². The highest BCUT2D eigenvalue weighted by Gasteiger charge is 2.10. The maximum atomic E-state index is 12.1. The standard InChI is InChI=1S/C17H18N4O/c1-12-11-15(20-21(12)2)17(22)19-10-8-14-6-3-5-13-7-4-9-18-16(13)14/h3-7,9,11H,8,10H2,1-2H3,(H,19,22). The molecular formula is C17H18N4O. The van der Waals surface area contributed by atoms with Crippen molar-refractivity contribution in [2.45, 2.75) is 13.3 Å².